The quantitative estimate of drug-likeness (QED) is 0.135. The molecule has 1 amide bonds. The third-order valence-electron chi connectivity index (χ3n) is 8.88. The molecule has 1 atom stereocenters. The number of amides is 1. The fraction of sp³-hybridized carbons (Fsp3) is 0.263. The van der Waals surface area contributed by atoms with Crippen LogP contribution in [0.15, 0.2) is 90.0 Å². The first kappa shape index (κ1) is 35.2. The molecule has 4 N–H and O–H groups in total. The number of nitrogens with two attached hydrogens (primary N) is 1. The molecule has 5 aromatic rings. The van der Waals surface area contributed by atoms with E-state index in [2.05, 4.69) is 33.8 Å². The van der Waals surface area contributed by atoms with Gasteiger partial charge in [0.05, 0.1) is 27.4 Å². The molecule has 10 nitrogen and oxygen atoms in total. The number of carbonyl (C=O) groups is 2. The van der Waals surface area contributed by atoms with Crippen LogP contribution >= 0.6 is 11.6 Å². The number of benzene rings is 4. The maximum atomic E-state index is 14.6. The van der Waals surface area contributed by atoms with Crippen LogP contribution < -0.4 is 20.7 Å². The molecule has 0 saturated heterocycles. The first-order chi connectivity index (χ1) is 24.1. The Bertz CT molecular complexity index is 2190. The summed E-state index contributed by atoms with van der Waals surface area (Å²) < 4.78 is 29.3. The van der Waals surface area contributed by atoms with Crippen molar-refractivity contribution in [2.75, 3.05) is 24.5 Å². The summed E-state index contributed by atoms with van der Waals surface area (Å²) in [5.74, 6) is -0.869. The highest BCUT2D eigenvalue weighted by Crippen LogP contribution is 2.32. The molecule has 1 aromatic heterocycles. The van der Waals surface area contributed by atoms with E-state index < -0.39 is 21.7 Å². The van der Waals surface area contributed by atoms with Crippen molar-refractivity contribution < 1.29 is 18.0 Å². The molecule has 4 aromatic carbocycles. The lowest BCUT2D eigenvalue weighted by Gasteiger charge is -2.27. The smallest absolute Gasteiger partial charge is 0.265 e. The number of halogens is 1. The maximum Gasteiger partial charge on any atom is 0.265 e. The van der Waals surface area contributed by atoms with Crippen molar-refractivity contribution in [3.05, 3.63) is 118 Å². The molecule has 258 valence electrons. The molecule has 0 saturated carbocycles. The molecule has 0 aliphatic carbocycles. The number of sulfonamides is 1. The van der Waals surface area contributed by atoms with Crippen molar-refractivity contribution in [3.63, 3.8) is 0 Å². The number of aromatic nitrogens is 2. The second-order valence-corrected chi connectivity index (χ2v) is 14.4. The van der Waals surface area contributed by atoms with E-state index >= 15 is 0 Å². The Kier molecular flexibility index (Phi) is 10.6. The van der Waals surface area contributed by atoms with Crippen LogP contribution in [0.2, 0.25) is 5.02 Å². The number of rotatable bonds is 12. The standard InChI is InChI=1S/C38H39ClN6O4S/c1-3-16-45(17-4-2)38-42-23-34(39)35(43-38)26-13-15-31(37(47)44-50(48,49)29-14-12-24-8-5-6-9-25(24)18-29)33(19-26)36(46)30-11-7-10-27-22-41-28(21-40)20-32(27)30/h5-15,18-19,23,28,41H,3-4,16-17,20-22,40H2,1-2H3,(H,44,47). The number of ketones is 1. The molecule has 1 aliphatic rings. The van der Waals surface area contributed by atoms with Gasteiger partial charge in [0, 0.05) is 48.9 Å². The Morgan fingerprint density at radius 2 is 1.70 bits per heavy atom. The number of anilines is 1. The summed E-state index contributed by atoms with van der Waals surface area (Å²) in [5, 5.41) is 5.22. The first-order valence-electron chi connectivity index (χ1n) is 16.7. The molecular formula is C38H39ClN6O4S. The SMILES string of the molecule is CCCN(CCC)c1ncc(Cl)c(-c2ccc(C(=O)NS(=O)(=O)c3ccc4ccccc4c3)c(C(=O)c3cccc4c3CC(CN)NC4)c2)n1. The zero-order valence-electron chi connectivity index (χ0n) is 27.9. The van der Waals surface area contributed by atoms with Crippen molar-refractivity contribution in [3.8, 4) is 11.3 Å². The number of carbonyl (C=O) groups excluding carboxylic acids is 2. The molecule has 1 aliphatic heterocycles. The van der Waals surface area contributed by atoms with E-state index in [1.165, 1.54) is 24.4 Å². The topological polar surface area (TPSA) is 147 Å². The summed E-state index contributed by atoms with van der Waals surface area (Å²) in [6.07, 6.45) is 3.85. The highest BCUT2D eigenvalue weighted by molar-refractivity contribution is 7.90. The Balaban J connectivity index is 1.45. The van der Waals surface area contributed by atoms with E-state index in [4.69, 9.17) is 22.3 Å². The van der Waals surface area contributed by atoms with Gasteiger partial charge in [0.2, 0.25) is 5.95 Å². The maximum absolute atomic E-state index is 14.6. The lowest BCUT2D eigenvalue weighted by Crippen LogP contribution is -2.41. The Morgan fingerprint density at radius 1 is 0.940 bits per heavy atom. The predicted molar refractivity (Wildman–Crippen MR) is 197 cm³/mol. The van der Waals surface area contributed by atoms with Crippen molar-refractivity contribution in [1.82, 2.24) is 20.0 Å². The fourth-order valence-corrected chi connectivity index (χ4v) is 7.55. The van der Waals surface area contributed by atoms with Crippen molar-refractivity contribution >= 4 is 50.0 Å². The minimum Gasteiger partial charge on any atom is -0.341 e. The van der Waals surface area contributed by atoms with E-state index in [9.17, 15) is 18.0 Å². The van der Waals surface area contributed by atoms with E-state index in [0.29, 0.717) is 47.7 Å². The average molecular weight is 711 g/mol. The third kappa shape index (κ3) is 7.27. The van der Waals surface area contributed by atoms with Gasteiger partial charge in [-0.15, -0.1) is 0 Å². The molecule has 0 radical (unpaired) electrons. The number of hydrogen-bond acceptors (Lipinski definition) is 9. The summed E-state index contributed by atoms with van der Waals surface area (Å²) in [6, 6.07) is 22.0. The molecule has 0 spiro atoms. The van der Waals surface area contributed by atoms with Gasteiger partial charge in [-0.1, -0.05) is 80.0 Å². The van der Waals surface area contributed by atoms with Crippen LogP contribution in [0, 0.1) is 0 Å². The van der Waals surface area contributed by atoms with Gasteiger partial charge in [0.25, 0.3) is 15.9 Å². The summed E-state index contributed by atoms with van der Waals surface area (Å²) >= 11 is 6.66. The summed E-state index contributed by atoms with van der Waals surface area (Å²) in [6.45, 7) is 6.59. The Hall–Kier alpha value is -4.68. The number of fused-ring (bicyclic) bond motifs is 2. The minimum absolute atomic E-state index is 0.0140. The van der Waals surface area contributed by atoms with Gasteiger partial charge >= 0.3 is 0 Å². The van der Waals surface area contributed by atoms with Crippen LogP contribution in [-0.2, 0) is 23.0 Å². The number of nitrogens with one attached hydrogen (secondary N) is 2. The predicted octanol–water partition coefficient (Wildman–Crippen LogP) is 5.90. The lowest BCUT2D eigenvalue weighted by atomic mass is 9.86. The molecule has 2 heterocycles. The molecule has 50 heavy (non-hydrogen) atoms. The second kappa shape index (κ2) is 15.1. The van der Waals surface area contributed by atoms with Gasteiger partial charge in [-0.3, -0.25) is 9.59 Å². The summed E-state index contributed by atoms with van der Waals surface area (Å²) in [4.78, 5) is 39.8. The van der Waals surface area contributed by atoms with Gasteiger partial charge in [0.15, 0.2) is 5.78 Å². The van der Waals surface area contributed by atoms with Gasteiger partial charge in [-0.05, 0) is 65.4 Å². The van der Waals surface area contributed by atoms with Crippen molar-refractivity contribution in [2.24, 2.45) is 5.73 Å². The molecular weight excluding hydrogens is 672 g/mol. The van der Waals surface area contributed by atoms with E-state index in [1.54, 1.807) is 36.4 Å². The van der Waals surface area contributed by atoms with Gasteiger partial charge < -0.3 is 16.0 Å². The largest absolute Gasteiger partial charge is 0.341 e. The van der Waals surface area contributed by atoms with Crippen LogP contribution in [-0.4, -0.2) is 55.8 Å². The van der Waals surface area contributed by atoms with Crippen molar-refractivity contribution in [1.29, 1.82) is 0 Å². The molecule has 6 rings (SSSR count). The monoisotopic (exact) mass is 710 g/mol. The van der Waals surface area contributed by atoms with Crippen LogP contribution in [0.4, 0.5) is 5.95 Å². The van der Waals surface area contributed by atoms with Crippen LogP contribution in [0.1, 0.15) is 64.1 Å². The van der Waals surface area contributed by atoms with Crippen LogP contribution in [0.3, 0.4) is 0 Å². The summed E-state index contributed by atoms with van der Waals surface area (Å²) in [7, 11) is -4.31. The Morgan fingerprint density at radius 3 is 2.44 bits per heavy atom. The minimum atomic E-state index is -4.31. The zero-order valence-corrected chi connectivity index (χ0v) is 29.5. The van der Waals surface area contributed by atoms with E-state index in [-0.39, 0.29) is 27.1 Å². The summed E-state index contributed by atoms with van der Waals surface area (Å²) in [5.41, 5.74) is 8.97. The average Bonchev–Trinajstić information content (AvgIpc) is 3.13. The van der Waals surface area contributed by atoms with E-state index in [0.717, 1.165) is 42.4 Å². The number of nitrogens with zero attached hydrogens (tertiary/aromatic N) is 3. The highest BCUT2D eigenvalue weighted by Gasteiger charge is 2.28. The van der Waals surface area contributed by atoms with Gasteiger partial charge in [0.1, 0.15) is 0 Å². The van der Waals surface area contributed by atoms with E-state index in [1.807, 2.05) is 24.3 Å². The number of hydrogen-bond donors (Lipinski definition) is 3. The third-order valence-corrected chi connectivity index (χ3v) is 10.5. The Labute approximate surface area is 297 Å². The van der Waals surface area contributed by atoms with Gasteiger partial charge in [-0.2, -0.15) is 0 Å². The van der Waals surface area contributed by atoms with Crippen LogP contribution in [0.5, 0.6) is 0 Å². The fourth-order valence-electron chi connectivity index (χ4n) is 6.35. The molecule has 0 bridgehead atoms. The van der Waals surface area contributed by atoms with Gasteiger partial charge in [-0.25, -0.2) is 23.1 Å². The highest BCUT2D eigenvalue weighted by atomic mass is 35.5. The first-order valence-corrected chi connectivity index (χ1v) is 18.6. The van der Waals surface area contributed by atoms with Crippen molar-refractivity contribution in [2.45, 2.75) is 50.6 Å². The zero-order chi connectivity index (χ0) is 35.4. The van der Waals surface area contributed by atoms with Crippen LogP contribution in [0.25, 0.3) is 22.0 Å². The normalized spacial score (nSPS) is 14.3. The lowest BCUT2D eigenvalue weighted by molar-refractivity contribution is 0.0965. The molecule has 12 heteroatoms. The second-order valence-electron chi connectivity index (χ2n) is 12.3. The molecule has 0 fully saturated rings. The molecule has 1 unspecified atom stereocenters.